The Hall–Kier alpha value is -3.21. The number of fused-ring (bicyclic) bond motifs is 1. The Labute approximate surface area is 185 Å². The van der Waals surface area contributed by atoms with Crippen LogP contribution in [0.4, 0.5) is 18.9 Å². The number of carboxylic acid groups (broad SMARTS) is 1. The van der Waals surface area contributed by atoms with E-state index in [2.05, 4.69) is 10.1 Å². The number of hydrogen-bond acceptors (Lipinski definition) is 8. The van der Waals surface area contributed by atoms with E-state index in [1.807, 2.05) is 4.72 Å². The number of halogens is 3. The summed E-state index contributed by atoms with van der Waals surface area (Å²) in [7, 11) is -8.83. The monoisotopic (exact) mass is 511 g/mol. The number of esters is 1. The summed E-state index contributed by atoms with van der Waals surface area (Å²) in [5.74, 6) is -1.58. The van der Waals surface area contributed by atoms with E-state index in [1.165, 1.54) is 19.1 Å². The number of carboxylic acids is 1. The lowest BCUT2D eigenvalue weighted by molar-refractivity contribution is -0.140. The number of ether oxygens (including phenoxy) is 1. The van der Waals surface area contributed by atoms with Crippen LogP contribution in [0.2, 0.25) is 0 Å². The largest absolute Gasteiger partial charge is 0.478 e. The van der Waals surface area contributed by atoms with Gasteiger partial charge in [-0.15, -0.1) is 0 Å². The highest BCUT2D eigenvalue weighted by Crippen LogP contribution is 2.38. The minimum atomic E-state index is -4.99. The molecule has 1 heterocycles. The van der Waals surface area contributed by atoms with Gasteiger partial charge in [-0.2, -0.15) is 17.9 Å². The Bertz CT molecular complexity index is 1310. The zero-order valence-corrected chi connectivity index (χ0v) is 18.1. The number of primary sulfonamides is 1. The lowest BCUT2D eigenvalue weighted by Gasteiger charge is -2.22. The van der Waals surface area contributed by atoms with Crippen molar-refractivity contribution < 1.29 is 49.4 Å². The number of hydrogen-bond donors (Lipinski definition) is 4. The molecule has 0 radical (unpaired) electrons. The van der Waals surface area contributed by atoms with Crippen LogP contribution in [0.25, 0.3) is 0 Å². The summed E-state index contributed by atoms with van der Waals surface area (Å²) in [5, 5.41) is 15.8. The number of para-hydroxylation sites is 1. The highest BCUT2D eigenvalue weighted by atomic mass is 32.2. The molecule has 33 heavy (non-hydrogen) atoms. The van der Waals surface area contributed by atoms with Gasteiger partial charge in [-0.05, 0) is 24.3 Å². The van der Waals surface area contributed by atoms with Gasteiger partial charge in [-0.1, -0.05) is 12.1 Å². The zero-order valence-electron chi connectivity index (χ0n) is 16.5. The van der Waals surface area contributed by atoms with Crippen molar-refractivity contribution in [3.63, 3.8) is 0 Å². The van der Waals surface area contributed by atoms with Gasteiger partial charge in [0.05, 0.1) is 22.8 Å². The lowest BCUT2D eigenvalue weighted by Crippen LogP contribution is -2.35. The molecule has 180 valence electrons. The fourth-order valence-corrected chi connectivity index (χ4v) is 4.52. The highest BCUT2D eigenvalue weighted by molar-refractivity contribution is 7.90. The van der Waals surface area contributed by atoms with Gasteiger partial charge in [-0.25, -0.2) is 26.8 Å². The molecule has 0 fully saturated rings. The van der Waals surface area contributed by atoms with Crippen molar-refractivity contribution in [2.24, 2.45) is 5.14 Å². The second kappa shape index (κ2) is 9.34. The highest BCUT2D eigenvalue weighted by Gasteiger charge is 2.39. The van der Waals surface area contributed by atoms with Gasteiger partial charge in [-0.3, -0.25) is 4.79 Å². The van der Waals surface area contributed by atoms with Crippen molar-refractivity contribution in [3.05, 3.63) is 47.5 Å². The van der Waals surface area contributed by atoms with E-state index in [-0.39, 0.29) is 23.7 Å². The van der Waals surface area contributed by atoms with Crippen molar-refractivity contribution in [1.82, 2.24) is 4.72 Å². The molecule has 0 aliphatic carbocycles. The molecule has 5 N–H and O–H groups in total. The summed E-state index contributed by atoms with van der Waals surface area (Å²) in [4.78, 5) is 19.3. The normalized spacial score (nSPS) is 14.7. The van der Waals surface area contributed by atoms with E-state index in [9.17, 15) is 39.6 Å². The number of benzene rings is 2. The Morgan fingerprint density at radius 2 is 1.79 bits per heavy atom. The maximum Gasteiger partial charge on any atom is 0.417 e. The van der Waals surface area contributed by atoms with Crippen molar-refractivity contribution in [2.75, 3.05) is 12.0 Å². The van der Waals surface area contributed by atoms with Crippen LogP contribution in [-0.4, -0.2) is 40.5 Å². The van der Waals surface area contributed by atoms with Gasteiger partial charge in [0, 0.05) is 6.92 Å². The Kier molecular flexibility index (Phi) is 7.37. The first kappa shape index (κ1) is 26.0. The number of aromatic carboxylic acids is 1. The molecule has 0 saturated heterocycles. The molecule has 2 aromatic rings. The molecular formula is C17H16F3N3O8S2. The summed E-state index contributed by atoms with van der Waals surface area (Å²) >= 11 is 0. The van der Waals surface area contributed by atoms with Gasteiger partial charge in [0.1, 0.15) is 16.2 Å². The summed E-state index contributed by atoms with van der Waals surface area (Å²) in [6.07, 6.45) is -4.99. The minimum Gasteiger partial charge on any atom is -0.478 e. The van der Waals surface area contributed by atoms with E-state index >= 15 is 0 Å². The number of anilines is 1. The fraction of sp³-hybridized carbons (Fsp3) is 0.176. The fourth-order valence-electron chi connectivity index (χ4n) is 2.57. The second-order valence-corrected chi connectivity index (χ2v) is 9.55. The molecule has 16 heteroatoms. The molecule has 0 amide bonds. The van der Waals surface area contributed by atoms with Crippen LogP contribution in [0.3, 0.4) is 0 Å². The smallest absolute Gasteiger partial charge is 0.417 e. The Balaban J connectivity index is 0.000000257. The quantitative estimate of drug-likeness (QED) is 0.349. The van der Waals surface area contributed by atoms with Gasteiger partial charge in [0.25, 0.3) is 0 Å². The molecule has 2 aromatic carbocycles. The second-order valence-electron chi connectivity index (χ2n) is 6.28. The predicted octanol–water partition coefficient (Wildman–Crippen LogP) is 1.32. The topological polar surface area (TPSA) is 182 Å². The van der Waals surface area contributed by atoms with Crippen molar-refractivity contribution >= 4 is 37.7 Å². The van der Waals surface area contributed by atoms with Crippen LogP contribution in [-0.2, 0) is 31.0 Å². The summed E-state index contributed by atoms with van der Waals surface area (Å²) in [5.41, 5.74) is -1.88. The number of rotatable bonds is 3. The molecule has 1 aliphatic rings. The molecule has 0 unspecified atom stereocenters. The lowest BCUT2D eigenvalue weighted by atomic mass is 10.2. The number of nitrogens with two attached hydrogens (primary N) is 1. The minimum absolute atomic E-state index is 0.0160. The van der Waals surface area contributed by atoms with Gasteiger partial charge in [0.15, 0.2) is 0 Å². The average molecular weight is 511 g/mol. The molecule has 1 aliphatic heterocycles. The van der Waals surface area contributed by atoms with E-state index in [0.717, 1.165) is 0 Å². The maximum atomic E-state index is 12.8. The van der Waals surface area contributed by atoms with Crippen LogP contribution < -0.4 is 19.9 Å². The number of sulfonamides is 2. The van der Waals surface area contributed by atoms with Crippen LogP contribution >= 0.6 is 0 Å². The summed E-state index contributed by atoms with van der Waals surface area (Å²) in [6.45, 7) is 0.917. The predicted molar refractivity (Wildman–Crippen MR) is 106 cm³/mol. The number of carbonyl (C=O) groups is 2. The molecule has 3 rings (SSSR count). The molecule has 11 nitrogen and oxygen atoms in total. The number of carbonyl (C=O) groups excluding carboxylic acids is 1. The van der Waals surface area contributed by atoms with Crippen molar-refractivity contribution in [1.29, 1.82) is 0 Å². The van der Waals surface area contributed by atoms with E-state index in [0.29, 0.717) is 12.1 Å². The van der Waals surface area contributed by atoms with Crippen molar-refractivity contribution in [2.45, 2.75) is 22.9 Å². The molecule has 0 saturated carbocycles. The van der Waals surface area contributed by atoms with Crippen LogP contribution in [0, 0.1) is 0 Å². The number of alkyl halides is 3. The molecule has 0 spiro atoms. The van der Waals surface area contributed by atoms with Crippen LogP contribution in [0.15, 0.2) is 46.2 Å². The average Bonchev–Trinajstić information content (AvgIpc) is 2.66. The third-order valence-electron chi connectivity index (χ3n) is 3.90. The number of nitrogens with one attached hydrogen (secondary N) is 2. The molecular weight excluding hydrogens is 495 g/mol. The molecule has 0 bridgehead atoms. The first-order chi connectivity index (χ1) is 15.0. The first-order valence-electron chi connectivity index (χ1n) is 8.56. The third kappa shape index (κ3) is 6.41. The van der Waals surface area contributed by atoms with Crippen LogP contribution in [0.1, 0.15) is 22.8 Å². The molecule has 0 atom stereocenters. The van der Waals surface area contributed by atoms with E-state index in [4.69, 9.17) is 10.2 Å². The van der Waals surface area contributed by atoms with Gasteiger partial charge in [0.2, 0.25) is 20.0 Å². The maximum absolute atomic E-state index is 12.8. The Morgan fingerprint density at radius 3 is 2.30 bits per heavy atom. The van der Waals surface area contributed by atoms with Crippen LogP contribution in [0.5, 0.6) is 5.75 Å². The van der Waals surface area contributed by atoms with Gasteiger partial charge >= 0.3 is 18.1 Å². The summed E-state index contributed by atoms with van der Waals surface area (Å²) in [6, 6.07) is 6.78. The van der Waals surface area contributed by atoms with Gasteiger partial charge < -0.3 is 15.2 Å². The zero-order chi connectivity index (χ0) is 25.2. The van der Waals surface area contributed by atoms with Crippen molar-refractivity contribution in [3.8, 4) is 5.75 Å². The standard InChI is InChI=1S/C9H8O4.C8H8F3N3O4S2/c1-6(10)13-8-5-3-2-4-7(8)9(11)12;9-8(10,11)4-1-5-7(2-6(4)19(12,15)16)20(17,18)14-3-13-5/h2-5H,1H3,(H,11,12);1-2,13-14H,3H2,(H2,12,15,16). The van der Waals surface area contributed by atoms with E-state index < -0.39 is 53.5 Å². The van der Waals surface area contributed by atoms with E-state index in [1.54, 1.807) is 12.1 Å². The Morgan fingerprint density at radius 1 is 1.18 bits per heavy atom. The first-order valence-corrected chi connectivity index (χ1v) is 11.6. The SMILES string of the molecule is CC(=O)Oc1ccccc1C(=O)O.NS(=O)(=O)c1cc2c(cc1C(F)(F)F)NCNS2(=O)=O. The third-order valence-corrected chi connectivity index (χ3v) is 6.29. The summed E-state index contributed by atoms with van der Waals surface area (Å²) < 4.78 is 90.9. The molecule has 0 aromatic heterocycles.